The van der Waals surface area contributed by atoms with Gasteiger partial charge in [0.2, 0.25) is 0 Å². The van der Waals surface area contributed by atoms with Crippen LogP contribution < -0.4 is 0 Å². The molecule has 128 valence electrons. The average molecular weight is 330 g/mol. The molecule has 2 atom stereocenters. The number of aliphatic hydroxyl groups excluding tert-OH is 1. The second-order valence-corrected chi connectivity index (χ2v) is 6.17. The van der Waals surface area contributed by atoms with E-state index >= 15 is 0 Å². The highest BCUT2D eigenvalue weighted by molar-refractivity contribution is 5.75. The molecular weight excluding hydrogens is 309 g/mol. The second-order valence-electron chi connectivity index (χ2n) is 6.17. The molecule has 4 nitrogen and oxygen atoms in total. The first-order chi connectivity index (χ1) is 10.6. The zero-order valence-electron chi connectivity index (χ0n) is 13.3. The fraction of sp³-hybridized carbons (Fsp3) is 0.562. The van der Waals surface area contributed by atoms with Crippen molar-refractivity contribution in [2.24, 2.45) is 0 Å². The molecule has 1 fully saturated rings. The molecule has 0 radical (unpaired) electrons. The monoisotopic (exact) mass is 330 g/mol. The molecule has 7 heteroatoms. The average Bonchev–Trinajstić information content (AvgIpc) is 2.87. The predicted molar refractivity (Wildman–Crippen MR) is 79.8 cm³/mol. The lowest BCUT2D eigenvalue weighted by atomic mass is 10.0. The fourth-order valence-electron chi connectivity index (χ4n) is 2.69. The van der Waals surface area contributed by atoms with E-state index in [-0.39, 0.29) is 25.0 Å². The summed E-state index contributed by atoms with van der Waals surface area (Å²) in [5, 5.41) is 9.90. The minimum absolute atomic E-state index is 0.0394. The van der Waals surface area contributed by atoms with Gasteiger partial charge in [0.1, 0.15) is 0 Å². The van der Waals surface area contributed by atoms with Gasteiger partial charge in [0.25, 0.3) is 0 Å². The zero-order valence-corrected chi connectivity index (χ0v) is 13.3. The number of carbonyl (C=O) groups is 1. The van der Waals surface area contributed by atoms with Crippen LogP contribution in [0.2, 0.25) is 0 Å². The number of hydrogen-bond acceptors (Lipinski definition) is 2. The Morgan fingerprint density at radius 1 is 1.39 bits per heavy atom. The SMILES string of the molecule is CC(C)N(C)C(=O)N1C[C@@H](O)C[C@H]1c1cccc(C(F)(F)F)c1. The number of likely N-dealkylation sites (tertiary alicyclic amines) is 1. The lowest BCUT2D eigenvalue weighted by molar-refractivity contribution is -0.137. The van der Waals surface area contributed by atoms with E-state index in [0.29, 0.717) is 5.56 Å². The lowest BCUT2D eigenvalue weighted by Crippen LogP contribution is -2.44. The molecule has 2 amide bonds. The van der Waals surface area contributed by atoms with Crippen molar-refractivity contribution in [3.05, 3.63) is 35.4 Å². The van der Waals surface area contributed by atoms with Crippen molar-refractivity contribution in [1.82, 2.24) is 9.80 Å². The van der Waals surface area contributed by atoms with Crippen LogP contribution in [0.15, 0.2) is 24.3 Å². The molecule has 0 unspecified atom stereocenters. The van der Waals surface area contributed by atoms with E-state index in [2.05, 4.69) is 0 Å². The first kappa shape index (κ1) is 17.6. The van der Waals surface area contributed by atoms with Crippen molar-refractivity contribution < 1.29 is 23.1 Å². The minimum atomic E-state index is -4.43. The maximum atomic E-state index is 12.9. The predicted octanol–water partition coefficient (Wildman–Crippen LogP) is 3.27. The number of β-amino-alcohol motifs (C(OH)–C–C–N with tert-alkyl or cyclic N) is 1. The van der Waals surface area contributed by atoms with Gasteiger partial charge < -0.3 is 14.9 Å². The van der Waals surface area contributed by atoms with E-state index in [1.54, 1.807) is 13.1 Å². The maximum absolute atomic E-state index is 12.9. The summed E-state index contributed by atoms with van der Waals surface area (Å²) < 4.78 is 38.6. The first-order valence-electron chi connectivity index (χ1n) is 7.50. The van der Waals surface area contributed by atoms with E-state index in [1.807, 2.05) is 13.8 Å². The normalized spacial score (nSPS) is 21.8. The van der Waals surface area contributed by atoms with Gasteiger partial charge in [-0.2, -0.15) is 13.2 Å². The first-order valence-corrected chi connectivity index (χ1v) is 7.50. The molecule has 0 bridgehead atoms. The standard InChI is InChI=1S/C16H21F3N2O2/c1-10(2)20(3)15(23)21-9-13(22)8-14(21)11-5-4-6-12(7-11)16(17,18)19/h4-7,10,13-14,22H,8-9H2,1-3H3/t13-,14-/m0/s1. The van der Waals surface area contributed by atoms with Crippen LogP contribution in [0.3, 0.4) is 0 Å². The Kier molecular flexibility index (Phi) is 4.89. The number of amides is 2. The molecule has 0 saturated carbocycles. The highest BCUT2D eigenvalue weighted by Gasteiger charge is 2.38. The molecule has 1 N–H and O–H groups in total. The van der Waals surface area contributed by atoms with Crippen molar-refractivity contribution in [3.63, 3.8) is 0 Å². The van der Waals surface area contributed by atoms with Gasteiger partial charge in [-0.25, -0.2) is 4.79 Å². The van der Waals surface area contributed by atoms with Crippen LogP contribution in [0.4, 0.5) is 18.0 Å². The quantitative estimate of drug-likeness (QED) is 0.904. The molecule has 1 aromatic rings. The summed E-state index contributed by atoms with van der Waals surface area (Å²) in [6.45, 7) is 3.82. The Balaban J connectivity index is 2.31. The summed E-state index contributed by atoms with van der Waals surface area (Å²) in [4.78, 5) is 15.5. The molecule has 23 heavy (non-hydrogen) atoms. The smallest absolute Gasteiger partial charge is 0.391 e. The van der Waals surface area contributed by atoms with Gasteiger partial charge in [-0.3, -0.25) is 0 Å². The second kappa shape index (κ2) is 6.39. The number of urea groups is 1. The summed E-state index contributed by atoms with van der Waals surface area (Å²) >= 11 is 0. The van der Waals surface area contributed by atoms with Crippen LogP contribution in [-0.2, 0) is 6.18 Å². The van der Waals surface area contributed by atoms with E-state index < -0.39 is 23.9 Å². The third kappa shape index (κ3) is 3.77. The van der Waals surface area contributed by atoms with E-state index in [1.165, 1.54) is 15.9 Å². The van der Waals surface area contributed by atoms with Gasteiger partial charge in [0.15, 0.2) is 0 Å². The Bertz CT molecular complexity index is 575. The van der Waals surface area contributed by atoms with Gasteiger partial charge in [-0.15, -0.1) is 0 Å². The summed E-state index contributed by atoms with van der Waals surface area (Å²) in [5.41, 5.74) is -0.358. The molecule has 1 aliphatic heterocycles. The zero-order chi connectivity index (χ0) is 17.4. The third-order valence-electron chi connectivity index (χ3n) is 4.20. The number of halogens is 3. The van der Waals surface area contributed by atoms with Gasteiger partial charge in [0.05, 0.1) is 17.7 Å². The molecule has 1 heterocycles. The van der Waals surface area contributed by atoms with E-state index in [4.69, 9.17) is 0 Å². The summed E-state index contributed by atoms with van der Waals surface area (Å²) in [6.07, 6.45) is -4.94. The Morgan fingerprint density at radius 2 is 2.04 bits per heavy atom. The number of aliphatic hydroxyl groups is 1. The number of rotatable bonds is 2. The van der Waals surface area contributed by atoms with Crippen LogP contribution in [0, 0.1) is 0 Å². The van der Waals surface area contributed by atoms with Crippen molar-refractivity contribution in [2.75, 3.05) is 13.6 Å². The number of benzene rings is 1. The largest absolute Gasteiger partial charge is 0.416 e. The summed E-state index contributed by atoms with van der Waals surface area (Å²) in [6, 6.07) is 4.06. The highest BCUT2D eigenvalue weighted by Crippen LogP contribution is 2.36. The van der Waals surface area contributed by atoms with Crippen molar-refractivity contribution in [2.45, 2.75) is 44.6 Å². The molecule has 0 aromatic heterocycles. The molecule has 2 rings (SSSR count). The van der Waals surface area contributed by atoms with Crippen LogP contribution in [0.25, 0.3) is 0 Å². The maximum Gasteiger partial charge on any atom is 0.416 e. The molecular formula is C16H21F3N2O2. The molecule has 1 aromatic carbocycles. The van der Waals surface area contributed by atoms with Crippen molar-refractivity contribution in [3.8, 4) is 0 Å². The van der Waals surface area contributed by atoms with Crippen LogP contribution >= 0.6 is 0 Å². The Morgan fingerprint density at radius 3 is 2.61 bits per heavy atom. The number of nitrogens with zero attached hydrogens (tertiary/aromatic N) is 2. The molecule has 1 aliphatic rings. The molecule has 1 saturated heterocycles. The third-order valence-corrected chi connectivity index (χ3v) is 4.20. The van der Waals surface area contributed by atoms with Crippen LogP contribution in [0.5, 0.6) is 0 Å². The fourth-order valence-corrected chi connectivity index (χ4v) is 2.69. The van der Waals surface area contributed by atoms with E-state index in [0.717, 1.165) is 12.1 Å². The number of carbonyl (C=O) groups excluding carboxylic acids is 1. The summed E-state index contributed by atoms with van der Waals surface area (Å²) in [7, 11) is 1.64. The molecule has 0 aliphatic carbocycles. The van der Waals surface area contributed by atoms with E-state index in [9.17, 15) is 23.1 Å². The van der Waals surface area contributed by atoms with Crippen LogP contribution in [0.1, 0.15) is 37.4 Å². The van der Waals surface area contributed by atoms with Gasteiger partial charge in [0, 0.05) is 19.6 Å². The highest BCUT2D eigenvalue weighted by atomic mass is 19.4. The number of hydrogen-bond donors (Lipinski definition) is 1. The van der Waals surface area contributed by atoms with Gasteiger partial charge in [-0.05, 0) is 38.0 Å². The Hall–Kier alpha value is -1.76. The Labute approximate surface area is 133 Å². The minimum Gasteiger partial charge on any atom is -0.391 e. The van der Waals surface area contributed by atoms with Crippen LogP contribution in [-0.4, -0.2) is 46.7 Å². The lowest BCUT2D eigenvalue weighted by Gasteiger charge is -2.32. The topological polar surface area (TPSA) is 43.8 Å². The summed E-state index contributed by atoms with van der Waals surface area (Å²) in [5.74, 6) is 0. The molecule has 0 spiro atoms. The van der Waals surface area contributed by atoms with Gasteiger partial charge in [-0.1, -0.05) is 12.1 Å². The number of alkyl halides is 3. The van der Waals surface area contributed by atoms with Crippen molar-refractivity contribution >= 4 is 6.03 Å². The van der Waals surface area contributed by atoms with Crippen molar-refractivity contribution in [1.29, 1.82) is 0 Å². The van der Waals surface area contributed by atoms with Gasteiger partial charge >= 0.3 is 12.2 Å².